The van der Waals surface area contributed by atoms with Crippen molar-refractivity contribution in [2.45, 2.75) is 57.9 Å². The van der Waals surface area contributed by atoms with Crippen LogP contribution in [-0.2, 0) is 0 Å². The summed E-state index contributed by atoms with van der Waals surface area (Å²) in [4.78, 5) is 31.2. The second-order valence-electron chi connectivity index (χ2n) is 9.80. The zero-order chi connectivity index (χ0) is 25.0. The highest BCUT2D eigenvalue weighted by atomic mass is 35.5. The van der Waals surface area contributed by atoms with Crippen LogP contribution in [-0.4, -0.2) is 45.9 Å². The van der Waals surface area contributed by atoms with Crippen molar-refractivity contribution < 1.29 is 18.7 Å². The number of oxazole rings is 1. The summed E-state index contributed by atoms with van der Waals surface area (Å²) in [6.45, 7) is 7.44. The van der Waals surface area contributed by atoms with Gasteiger partial charge in [-0.05, 0) is 25.0 Å². The molecule has 186 valence electrons. The molecule has 1 aromatic carbocycles. The molecule has 8 nitrogen and oxygen atoms in total. The number of carbonyl (C=O) groups is 1. The van der Waals surface area contributed by atoms with Crippen LogP contribution >= 0.6 is 11.6 Å². The van der Waals surface area contributed by atoms with E-state index in [0.717, 1.165) is 24.2 Å². The van der Waals surface area contributed by atoms with Crippen molar-refractivity contribution in [3.63, 3.8) is 0 Å². The van der Waals surface area contributed by atoms with E-state index in [1.54, 1.807) is 17.0 Å². The number of benzene rings is 1. The fourth-order valence-electron chi connectivity index (χ4n) is 5.33. The molecule has 5 rings (SSSR count). The lowest BCUT2D eigenvalue weighted by molar-refractivity contribution is 0.0694. The molecule has 2 aromatic heterocycles. The van der Waals surface area contributed by atoms with E-state index in [4.69, 9.17) is 16.0 Å². The zero-order valence-corrected chi connectivity index (χ0v) is 20.6. The molecule has 1 aliphatic carbocycles. The summed E-state index contributed by atoms with van der Waals surface area (Å²) in [5.41, 5.74) is 1.07. The highest BCUT2D eigenvalue weighted by molar-refractivity contribution is 6.34. The molecule has 3 heterocycles. The molecule has 0 amide bonds. The van der Waals surface area contributed by atoms with E-state index in [2.05, 4.69) is 29.0 Å². The number of aromatic nitrogens is 2. The number of hydrogen-bond donors (Lipinski definition) is 2. The third-order valence-electron chi connectivity index (χ3n) is 6.99. The summed E-state index contributed by atoms with van der Waals surface area (Å²) in [5, 5.41) is 13.7. The number of aromatic carboxylic acids is 1. The van der Waals surface area contributed by atoms with E-state index in [1.165, 1.54) is 12.3 Å². The predicted octanol–water partition coefficient (Wildman–Crippen LogP) is 4.50. The Labute approximate surface area is 206 Å². The minimum atomic E-state index is -1.34. The highest BCUT2D eigenvalue weighted by Crippen LogP contribution is 2.44. The second kappa shape index (κ2) is 8.95. The molecule has 3 aromatic rings. The maximum Gasteiger partial charge on any atom is 0.341 e. The lowest BCUT2D eigenvalue weighted by atomic mass is 9.98. The Morgan fingerprint density at radius 1 is 1.40 bits per heavy atom. The zero-order valence-electron chi connectivity index (χ0n) is 19.8. The first-order chi connectivity index (χ1) is 16.7. The number of pyridine rings is 1. The Bertz CT molecular complexity index is 1340. The lowest BCUT2D eigenvalue weighted by Crippen LogP contribution is -2.35. The van der Waals surface area contributed by atoms with Gasteiger partial charge in [-0.1, -0.05) is 25.4 Å². The molecule has 2 fully saturated rings. The van der Waals surface area contributed by atoms with Crippen molar-refractivity contribution in [3.05, 3.63) is 57.0 Å². The van der Waals surface area contributed by atoms with Crippen LogP contribution in [0.3, 0.4) is 0 Å². The summed E-state index contributed by atoms with van der Waals surface area (Å²) in [5.74, 6) is -0.487. The maximum atomic E-state index is 14.1. The summed E-state index contributed by atoms with van der Waals surface area (Å²) in [7, 11) is 0. The largest absolute Gasteiger partial charge is 0.477 e. The minimum absolute atomic E-state index is 0.0652. The van der Waals surface area contributed by atoms with Gasteiger partial charge in [-0.25, -0.2) is 14.2 Å². The molecular formula is C25H28ClFN4O4. The average molecular weight is 503 g/mol. The number of halogens is 2. The fraction of sp³-hybridized carbons (Fsp3) is 0.480. The van der Waals surface area contributed by atoms with Gasteiger partial charge in [0.15, 0.2) is 0 Å². The van der Waals surface area contributed by atoms with E-state index in [0.29, 0.717) is 29.4 Å². The van der Waals surface area contributed by atoms with Crippen LogP contribution in [0.5, 0.6) is 0 Å². The molecule has 2 N–H and O–H groups in total. The van der Waals surface area contributed by atoms with Crippen LogP contribution in [0.25, 0.3) is 10.9 Å². The lowest BCUT2D eigenvalue weighted by Gasteiger charge is -2.27. The number of nitrogens with zero attached hydrogens (tertiary/aromatic N) is 3. The molecule has 0 bridgehead atoms. The monoisotopic (exact) mass is 502 g/mol. The molecule has 1 aliphatic heterocycles. The van der Waals surface area contributed by atoms with Gasteiger partial charge < -0.3 is 24.3 Å². The van der Waals surface area contributed by atoms with Crippen molar-refractivity contribution in [2.24, 2.45) is 5.92 Å². The van der Waals surface area contributed by atoms with E-state index < -0.39 is 23.6 Å². The standard InChI is InChI=1S/C25H28ClFN4O4/c1-12(2)29-20(24-28-5-7-35-24)14-4-6-30(10-14)22-13(3)21-15(8-17(22)26)23(32)16(25(33)34)11-31(21)19-9-18(19)27/h5,7-8,11-12,14,18-20,29H,4,6,9-10H2,1-3H3,(H,33,34). The van der Waals surface area contributed by atoms with Crippen LogP contribution in [0, 0.1) is 12.8 Å². The van der Waals surface area contributed by atoms with Crippen LogP contribution in [0.1, 0.15) is 60.6 Å². The van der Waals surface area contributed by atoms with Gasteiger partial charge in [-0.2, -0.15) is 0 Å². The highest BCUT2D eigenvalue weighted by Gasteiger charge is 2.41. The summed E-state index contributed by atoms with van der Waals surface area (Å²) >= 11 is 6.72. The van der Waals surface area contributed by atoms with Crippen molar-refractivity contribution in [1.82, 2.24) is 14.9 Å². The molecule has 0 spiro atoms. The molecule has 2 aliphatic rings. The van der Waals surface area contributed by atoms with Gasteiger partial charge in [0.1, 0.15) is 18.0 Å². The second-order valence-corrected chi connectivity index (χ2v) is 10.2. The summed E-state index contributed by atoms with van der Waals surface area (Å²) < 4.78 is 21.3. The SMILES string of the molecule is Cc1c(N2CCC(C(NC(C)C)c3ncco3)C2)c(Cl)cc2c(=O)c(C(=O)O)cn(C3CC3F)c12. The Morgan fingerprint density at radius 3 is 2.74 bits per heavy atom. The van der Waals surface area contributed by atoms with Crippen molar-refractivity contribution in [2.75, 3.05) is 18.0 Å². The summed E-state index contributed by atoms with van der Waals surface area (Å²) in [6.07, 6.45) is 4.59. The Hall–Kier alpha value is -2.91. The Balaban J connectivity index is 1.57. The number of nitrogens with one attached hydrogen (secondary N) is 1. The molecule has 1 saturated carbocycles. The quantitative estimate of drug-likeness (QED) is 0.490. The fourth-order valence-corrected chi connectivity index (χ4v) is 5.70. The number of aryl methyl sites for hydroxylation is 1. The molecule has 4 unspecified atom stereocenters. The normalized spacial score (nSPS) is 22.8. The van der Waals surface area contributed by atoms with Gasteiger partial charge in [0.05, 0.1) is 34.5 Å². The van der Waals surface area contributed by atoms with Gasteiger partial charge in [0.25, 0.3) is 0 Å². The van der Waals surface area contributed by atoms with Gasteiger partial charge in [-0.3, -0.25) is 4.79 Å². The Kier molecular flexibility index (Phi) is 6.09. The third kappa shape index (κ3) is 4.21. The van der Waals surface area contributed by atoms with Crippen molar-refractivity contribution in [3.8, 4) is 0 Å². The third-order valence-corrected chi connectivity index (χ3v) is 7.28. The first-order valence-corrected chi connectivity index (χ1v) is 12.2. The molecule has 35 heavy (non-hydrogen) atoms. The van der Waals surface area contributed by atoms with Gasteiger partial charge in [0.2, 0.25) is 11.3 Å². The van der Waals surface area contributed by atoms with Crippen molar-refractivity contribution in [1.29, 1.82) is 0 Å². The number of carboxylic acid groups (broad SMARTS) is 1. The van der Waals surface area contributed by atoms with Crippen LogP contribution in [0.15, 0.2) is 33.9 Å². The first-order valence-electron chi connectivity index (χ1n) is 11.8. The maximum absolute atomic E-state index is 14.1. The number of rotatable bonds is 7. The van der Waals surface area contributed by atoms with Crippen molar-refractivity contribution >= 4 is 34.2 Å². The van der Waals surface area contributed by atoms with Gasteiger partial charge in [0, 0.05) is 43.1 Å². The Morgan fingerprint density at radius 2 is 2.14 bits per heavy atom. The van der Waals surface area contributed by atoms with Crippen LogP contribution in [0.4, 0.5) is 10.1 Å². The van der Waals surface area contributed by atoms with E-state index in [-0.39, 0.29) is 29.0 Å². The van der Waals surface area contributed by atoms with Crippen LogP contribution < -0.4 is 15.6 Å². The van der Waals surface area contributed by atoms with E-state index >= 15 is 0 Å². The number of fused-ring (bicyclic) bond motifs is 1. The average Bonchev–Trinajstić information content (AvgIpc) is 3.20. The van der Waals surface area contributed by atoms with Crippen LogP contribution in [0.2, 0.25) is 5.02 Å². The number of alkyl halides is 1. The van der Waals surface area contributed by atoms with Gasteiger partial charge >= 0.3 is 5.97 Å². The molecular weight excluding hydrogens is 475 g/mol. The predicted molar refractivity (Wildman–Crippen MR) is 131 cm³/mol. The molecule has 4 atom stereocenters. The van der Waals surface area contributed by atoms with E-state index in [9.17, 15) is 19.1 Å². The molecule has 0 radical (unpaired) electrons. The topological polar surface area (TPSA) is 101 Å². The number of carboxylic acids is 1. The first kappa shape index (κ1) is 23.8. The summed E-state index contributed by atoms with van der Waals surface area (Å²) in [6, 6.07) is 1.22. The number of anilines is 1. The smallest absolute Gasteiger partial charge is 0.341 e. The van der Waals surface area contributed by atoms with Gasteiger partial charge in [-0.15, -0.1) is 0 Å². The molecule has 10 heteroatoms. The number of hydrogen-bond acceptors (Lipinski definition) is 6. The minimum Gasteiger partial charge on any atom is -0.477 e. The van der Waals surface area contributed by atoms with E-state index in [1.807, 2.05) is 6.92 Å². The molecule has 1 saturated heterocycles.